The Bertz CT molecular complexity index is 884. The maximum atomic E-state index is 3.38. The molecule has 202 valence electrons. The van der Waals surface area contributed by atoms with Gasteiger partial charge >= 0.3 is 0 Å². The molecule has 37 heavy (non-hydrogen) atoms. The van der Waals surface area contributed by atoms with Gasteiger partial charge in [-0.05, 0) is 53.4 Å². The lowest BCUT2D eigenvalue weighted by Crippen LogP contribution is -2.38. The molecular weight excluding hydrogens is 487 g/mol. The first kappa shape index (κ1) is 31.6. The van der Waals surface area contributed by atoms with E-state index in [1.807, 2.05) is 0 Å². The molecule has 0 radical (unpaired) electrons. The zero-order chi connectivity index (χ0) is 25.3. The summed E-state index contributed by atoms with van der Waals surface area (Å²) in [6.45, 7) is 2.30. The second-order valence-corrected chi connectivity index (χ2v) is 12.1. The SMILES string of the molecule is CCCCCCCCCCCCC(Cc1ccccc1)C(P)(Cc1ccccc1)Cc1ccccc1.Cl. The highest BCUT2D eigenvalue weighted by Crippen LogP contribution is 2.40. The number of hydrogen-bond donors (Lipinski definition) is 0. The molecule has 0 saturated carbocycles. The van der Waals surface area contributed by atoms with Crippen molar-refractivity contribution in [2.75, 3.05) is 0 Å². The number of halogens is 1. The van der Waals surface area contributed by atoms with E-state index in [4.69, 9.17) is 0 Å². The van der Waals surface area contributed by atoms with Crippen LogP contribution in [0.25, 0.3) is 0 Å². The third-order valence-corrected chi connectivity index (χ3v) is 8.68. The van der Waals surface area contributed by atoms with Crippen LogP contribution in [0.5, 0.6) is 0 Å². The average Bonchev–Trinajstić information content (AvgIpc) is 2.90. The van der Waals surface area contributed by atoms with Gasteiger partial charge in [-0.25, -0.2) is 0 Å². The summed E-state index contributed by atoms with van der Waals surface area (Å²) in [4.78, 5) is 0. The van der Waals surface area contributed by atoms with E-state index in [0.717, 1.165) is 19.3 Å². The van der Waals surface area contributed by atoms with Crippen molar-refractivity contribution in [1.29, 1.82) is 0 Å². The Morgan fingerprint density at radius 1 is 0.541 bits per heavy atom. The topological polar surface area (TPSA) is 0 Å². The summed E-state index contributed by atoms with van der Waals surface area (Å²) in [6, 6.07) is 33.5. The van der Waals surface area contributed by atoms with Crippen LogP contribution in [0.15, 0.2) is 91.0 Å². The fraction of sp³-hybridized carbons (Fsp3) is 0.486. The Morgan fingerprint density at radius 3 is 1.35 bits per heavy atom. The van der Waals surface area contributed by atoms with Gasteiger partial charge in [0, 0.05) is 0 Å². The highest BCUT2D eigenvalue weighted by Gasteiger charge is 2.34. The third kappa shape index (κ3) is 12.2. The fourth-order valence-corrected chi connectivity index (χ4v) is 6.43. The quantitative estimate of drug-likeness (QED) is 0.112. The molecular formula is C35H50ClP. The van der Waals surface area contributed by atoms with E-state index in [2.05, 4.69) is 107 Å². The molecule has 0 aromatic heterocycles. The molecule has 0 nitrogen and oxygen atoms in total. The molecule has 3 aromatic rings. The summed E-state index contributed by atoms with van der Waals surface area (Å²) >= 11 is 0. The lowest BCUT2D eigenvalue weighted by atomic mass is 9.75. The Hall–Kier alpha value is -1.62. The third-order valence-electron chi connectivity index (χ3n) is 7.80. The van der Waals surface area contributed by atoms with E-state index >= 15 is 0 Å². The van der Waals surface area contributed by atoms with Crippen LogP contribution in [0.3, 0.4) is 0 Å². The minimum absolute atomic E-state index is 0. The molecule has 0 aliphatic carbocycles. The summed E-state index contributed by atoms with van der Waals surface area (Å²) in [5, 5.41) is 0.137. The second kappa shape index (κ2) is 18.6. The maximum Gasteiger partial charge on any atom is -0.00385 e. The van der Waals surface area contributed by atoms with Crippen LogP contribution >= 0.6 is 21.6 Å². The predicted molar refractivity (Wildman–Crippen MR) is 170 cm³/mol. The fourth-order valence-electron chi connectivity index (χ4n) is 5.67. The van der Waals surface area contributed by atoms with Crippen molar-refractivity contribution in [2.24, 2.45) is 5.92 Å². The molecule has 0 bridgehead atoms. The number of rotatable bonds is 18. The number of unbranched alkanes of at least 4 members (excludes halogenated alkanes) is 9. The summed E-state index contributed by atoms with van der Waals surface area (Å²) in [5.74, 6) is 0.624. The molecule has 3 rings (SSSR count). The first-order chi connectivity index (χ1) is 17.7. The largest absolute Gasteiger partial charge is 0.147 e. The van der Waals surface area contributed by atoms with Gasteiger partial charge in [0.25, 0.3) is 0 Å². The minimum Gasteiger partial charge on any atom is -0.147 e. The van der Waals surface area contributed by atoms with Crippen LogP contribution < -0.4 is 0 Å². The first-order valence-corrected chi connectivity index (χ1v) is 15.2. The van der Waals surface area contributed by atoms with E-state index in [-0.39, 0.29) is 17.6 Å². The second-order valence-electron chi connectivity index (χ2n) is 10.9. The van der Waals surface area contributed by atoms with Crippen LogP contribution in [0.1, 0.15) is 94.2 Å². The van der Waals surface area contributed by atoms with Gasteiger partial charge in [0.15, 0.2) is 0 Å². The average molecular weight is 537 g/mol. The molecule has 0 heterocycles. The molecule has 2 heteroatoms. The summed E-state index contributed by atoms with van der Waals surface area (Å²) in [5.41, 5.74) is 4.37. The minimum atomic E-state index is 0. The van der Waals surface area contributed by atoms with Gasteiger partial charge in [-0.2, -0.15) is 0 Å². The highest BCUT2D eigenvalue weighted by atomic mass is 35.5. The number of hydrogen-bond acceptors (Lipinski definition) is 0. The van der Waals surface area contributed by atoms with E-state index in [9.17, 15) is 0 Å². The van der Waals surface area contributed by atoms with E-state index in [1.165, 1.54) is 87.3 Å². The van der Waals surface area contributed by atoms with Gasteiger partial charge in [0.2, 0.25) is 0 Å². The highest BCUT2D eigenvalue weighted by molar-refractivity contribution is 7.19. The van der Waals surface area contributed by atoms with Crippen LogP contribution in [0, 0.1) is 5.92 Å². The van der Waals surface area contributed by atoms with Crippen LogP contribution in [0.2, 0.25) is 0 Å². The molecule has 0 fully saturated rings. The van der Waals surface area contributed by atoms with E-state index in [1.54, 1.807) is 0 Å². The van der Waals surface area contributed by atoms with E-state index in [0.29, 0.717) is 5.92 Å². The van der Waals surface area contributed by atoms with Crippen molar-refractivity contribution in [3.63, 3.8) is 0 Å². The van der Waals surface area contributed by atoms with Gasteiger partial charge in [-0.3, -0.25) is 0 Å². The van der Waals surface area contributed by atoms with Crippen molar-refractivity contribution < 1.29 is 0 Å². The Balaban J connectivity index is 0.00000481. The van der Waals surface area contributed by atoms with Crippen molar-refractivity contribution in [3.05, 3.63) is 108 Å². The lowest BCUT2D eigenvalue weighted by molar-refractivity contribution is 0.330. The van der Waals surface area contributed by atoms with Gasteiger partial charge in [-0.15, -0.1) is 21.6 Å². The first-order valence-electron chi connectivity index (χ1n) is 14.6. The molecule has 2 atom stereocenters. The van der Waals surface area contributed by atoms with Crippen molar-refractivity contribution >= 4 is 21.6 Å². The standard InChI is InChI=1S/C35H49P.ClH/c1-2-3-4-5-6-7-8-9-10-20-27-34(28-31-21-14-11-15-22-31)35(36,29-32-23-16-12-17-24-32)30-33-25-18-13-19-26-33;/h11-19,21-26,34H,2-10,20,27-30,36H2,1H3;1H. The molecule has 2 unspecified atom stereocenters. The summed E-state index contributed by atoms with van der Waals surface area (Å²) in [7, 11) is 3.38. The zero-order valence-electron chi connectivity index (χ0n) is 23.1. The zero-order valence-corrected chi connectivity index (χ0v) is 25.1. The Kier molecular flexibility index (Phi) is 15.9. The molecule has 3 aromatic carbocycles. The Labute approximate surface area is 236 Å². The van der Waals surface area contributed by atoms with E-state index < -0.39 is 0 Å². The smallest absolute Gasteiger partial charge is 0.00385 e. The summed E-state index contributed by atoms with van der Waals surface area (Å²) in [6.07, 6.45) is 18.6. The monoisotopic (exact) mass is 536 g/mol. The van der Waals surface area contributed by atoms with Gasteiger partial charge in [0.05, 0.1) is 0 Å². The van der Waals surface area contributed by atoms with Crippen LogP contribution in [-0.2, 0) is 19.3 Å². The van der Waals surface area contributed by atoms with Gasteiger partial charge in [-0.1, -0.05) is 162 Å². The van der Waals surface area contributed by atoms with Crippen molar-refractivity contribution in [1.82, 2.24) is 0 Å². The van der Waals surface area contributed by atoms with Crippen molar-refractivity contribution in [2.45, 2.75) is 102 Å². The normalized spacial score (nSPS) is 12.2. The number of benzene rings is 3. The molecule has 0 amide bonds. The van der Waals surface area contributed by atoms with Crippen molar-refractivity contribution in [3.8, 4) is 0 Å². The molecule has 0 N–H and O–H groups in total. The molecule has 0 spiro atoms. The van der Waals surface area contributed by atoms with Crippen LogP contribution in [0.4, 0.5) is 0 Å². The molecule has 0 saturated heterocycles. The van der Waals surface area contributed by atoms with Gasteiger partial charge < -0.3 is 0 Å². The maximum absolute atomic E-state index is 3.38. The van der Waals surface area contributed by atoms with Crippen LogP contribution in [-0.4, -0.2) is 5.16 Å². The molecule has 0 aliphatic heterocycles. The lowest BCUT2D eigenvalue weighted by Gasteiger charge is -2.39. The Morgan fingerprint density at radius 2 is 0.919 bits per heavy atom. The molecule has 0 aliphatic rings. The summed E-state index contributed by atoms with van der Waals surface area (Å²) < 4.78 is 0. The van der Waals surface area contributed by atoms with Gasteiger partial charge in [0.1, 0.15) is 0 Å². The predicted octanol–water partition coefficient (Wildman–Crippen LogP) is 10.7.